The van der Waals surface area contributed by atoms with Gasteiger partial charge in [0.05, 0.1) is 6.42 Å². The summed E-state index contributed by atoms with van der Waals surface area (Å²) < 4.78 is 67.3. The Labute approximate surface area is 171 Å². The van der Waals surface area contributed by atoms with Crippen LogP contribution < -0.4 is 10.2 Å². The minimum Gasteiger partial charge on any atom is -0.369 e. The van der Waals surface area contributed by atoms with E-state index in [0.717, 1.165) is 44.0 Å². The zero-order chi connectivity index (χ0) is 22.0. The van der Waals surface area contributed by atoms with E-state index in [1.807, 2.05) is 13.0 Å². The molecular weight excluding hydrogens is 405 g/mol. The van der Waals surface area contributed by atoms with Gasteiger partial charge in [-0.2, -0.15) is 0 Å². The monoisotopic (exact) mass is 427 g/mol. The zero-order valence-corrected chi connectivity index (χ0v) is 16.7. The molecule has 2 aromatic rings. The maximum Gasteiger partial charge on any atom is 0.229 e. The molecule has 1 heterocycles. The molecule has 2 aromatic carbocycles. The van der Waals surface area contributed by atoms with Gasteiger partial charge in [-0.15, -0.1) is 0 Å². The number of hydrogen-bond acceptors (Lipinski definition) is 3. The van der Waals surface area contributed by atoms with Crippen molar-refractivity contribution in [3.8, 4) is 0 Å². The number of aryl methyl sites for hydroxylation is 1. The van der Waals surface area contributed by atoms with Crippen molar-refractivity contribution in [1.82, 2.24) is 4.90 Å². The summed E-state index contributed by atoms with van der Waals surface area (Å²) in [6.07, 6.45) is -0.981. The van der Waals surface area contributed by atoms with Crippen LogP contribution in [0.4, 0.5) is 33.3 Å². The fraction of sp³-hybridized carbons (Fsp3) is 0.381. The molecule has 162 valence electrons. The predicted molar refractivity (Wildman–Crippen MR) is 104 cm³/mol. The van der Waals surface area contributed by atoms with Crippen LogP contribution in [0.1, 0.15) is 18.1 Å². The van der Waals surface area contributed by atoms with E-state index in [0.29, 0.717) is 5.69 Å². The number of hydrogen-bond donors (Lipinski definition) is 1. The summed E-state index contributed by atoms with van der Waals surface area (Å²) in [7, 11) is 0. The lowest BCUT2D eigenvalue weighted by atomic mass is 10.1. The molecular formula is C21H22F5N3O. The van der Waals surface area contributed by atoms with Crippen molar-refractivity contribution < 1.29 is 26.7 Å². The van der Waals surface area contributed by atoms with E-state index in [2.05, 4.69) is 22.0 Å². The van der Waals surface area contributed by atoms with Gasteiger partial charge >= 0.3 is 0 Å². The highest BCUT2D eigenvalue weighted by Crippen LogP contribution is 2.26. The van der Waals surface area contributed by atoms with E-state index in [9.17, 15) is 26.7 Å². The molecule has 9 heteroatoms. The van der Waals surface area contributed by atoms with Crippen LogP contribution in [-0.2, 0) is 11.2 Å². The van der Waals surface area contributed by atoms with Gasteiger partial charge in [-0.05, 0) is 37.2 Å². The number of piperazine rings is 1. The van der Waals surface area contributed by atoms with E-state index in [1.165, 1.54) is 0 Å². The van der Waals surface area contributed by atoms with E-state index in [1.54, 1.807) is 12.1 Å². The molecule has 1 saturated heterocycles. The molecule has 1 N–H and O–H groups in total. The maximum absolute atomic E-state index is 13.8. The average molecular weight is 427 g/mol. The summed E-state index contributed by atoms with van der Waals surface area (Å²) in [5, 5.41) is 2.45. The summed E-state index contributed by atoms with van der Waals surface area (Å²) in [6.45, 7) is 8.65. The molecule has 0 spiro atoms. The largest absolute Gasteiger partial charge is 0.369 e. The molecule has 3 rings (SSSR count). The molecule has 1 aliphatic heterocycles. The SMILES string of the molecule is CCN1CCN(c2ccc(NC(=O)Cc3c(F)c(F)c(F)c(F)c3F)cc2C)CC1. The van der Waals surface area contributed by atoms with Gasteiger partial charge in [-0.1, -0.05) is 6.92 Å². The van der Waals surface area contributed by atoms with Crippen LogP contribution in [0.2, 0.25) is 0 Å². The second-order valence-electron chi connectivity index (χ2n) is 7.20. The Kier molecular flexibility index (Phi) is 6.60. The highest BCUT2D eigenvalue weighted by Gasteiger charge is 2.27. The summed E-state index contributed by atoms with van der Waals surface area (Å²) >= 11 is 0. The van der Waals surface area contributed by atoms with Crippen LogP contribution >= 0.6 is 0 Å². The molecule has 0 bridgehead atoms. The number of benzene rings is 2. The van der Waals surface area contributed by atoms with Crippen molar-refractivity contribution in [3.05, 3.63) is 58.4 Å². The molecule has 0 atom stereocenters. The quantitative estimate of drug-likeness (QED) is 0.445. The molecule has 0 radical (unpaired) electrons. The first-order valence-corrected chi connectivity index (χ1v) is 9.61. The van der Waals surface area contributed by atoms with Crippen molar-refractivity contribution in [2.24, 2.45) is 0 Å². The van der Waals surface area contributed by atoms with Crippen LogP contribution in [0.3, 0.4) is 0 Å². The topological polar surface area (TPSA) is 35.6 Å². The number of halogens is 5. The molecule has 4 nitrogen and oxygen atoms in total. The van der Waals surface area contributed by atoms with Crippen molar-refractivity contribution in [3.63, 3.8) is 0 Å². The predicted octanol–water partition coefficient (Wildman–Crippen LogP) is 4.01. The lowest BCUT2D eigenvalue weighted by Gasteiger charge is -2.36. The van der Waals surface area contributed by atoms with Gasteiger partial charge in [0.25, 0.3) is 0 Å². The number of likely N-dealkylation sites (N-methyl/N-ethyl adjacent to an activating group) is 1. The Morgan fingerprint density at radius 1 is 0.933 bits per heavy atom. The number of nitrogens with one attached hydrogen (secondary N) is 1. The standard InChI is InChI=1S/C21H22F5N3O/c1-3-28-6-8-29(9-7-28)15-5-4-13(10-12(15)2)27-16(30)11-14-17(22)19(24)21(26)20(25)18(14)23/h4-5,10H,3,6-9,11H2,1-2H3,(H,27,30). The highest BCUT2D eigenvalue weighted by atomic mass is 19.2. The van der Waals surface area contributed by atoms with Crippen molar-refractivity contribution in [2.45, 2.75) is 20.3 Å². The van der Waals surface area contributed by atoms with Crippen LogP contribution in [0.5, 0.6) is 0 Å². The van der Waals surface area contributed by atoms with Gasteiger partial charge in [0.15, 0.2) is 23.3 Å². The number of carbonyl (C=O) groups is 1. The third-order valence-electron chi connectivity index (χ3n) is 5.28. The Bertz CT molecular complexity index is 929. The van der Waals surface area contributed by atoms with Gasteiger partial charge in [0, 0.05) is 43.1 Å². The lowest BCUT2D eigenvalue weighted by Crippen LogP contribution is -2.46. The molecule has 1 amide bonds. The van der Waals surface area contributed by atoms with Crippen molar-refractivity contribution in [1.29, 1.82) is 0 Å². The second kappa shape index (κ2) is 8.99. The minimum absolute atomic E-state index is 0.373. The third kappa shape index (κ3) is 4.40. The molecule has 0 aromatic heterocycles. The maximum atomic E-state index is 13.8. The van der Waals surface area contributed by atoms with Crippen LogP contribution in [0, 0.1) is 36.0 Å². The zero-order valence-electron chi connectivity index (χ0n) is 16.7. The minimum atomic E-state index is -2.25. The lowest BCUT2D eigenvalue weighted by molar-refractivity contribution is -0.115. The van der Waals surface area contributed by atoms with Crippen molar-refractivity contribution >= 4 is 17.3 Å². The second-order valence-corrected chi connectivity index (χ2v) is 7.20. The fourth-order valence-electron chi connectivity index (χ4n) is 3.56. The van der Waals surface area contributed by atoms with Crippen molar-refractivity contribution in [2.75, 3.05) is 42.9 Å². The first kappa shape index (κ1) is 22.0. The third-order valence-corrected chi connectivity index (χ3v) is 5.28. The fourth-order valence-corrected chi connectivity index (χ4v) is 3.56. The van der Waals surface area contributed by atoms with Crippen LogP contribution in [-0.4, -0.2) is 43.5 Å². The van der Waals surface area contributed by atoms with Gasteiger partial charge < -0.3 is 15.1 Å². The van der Waals surface area contributed by atoms with E-state index >= 15 is 0 Å². The normalized spacial score (nSPS) is 14.8. The van der Waals surface area contributed by atoms with Gasteiger partial charge in [-0.25, -0.2) is 22.0 Å². The number of anilines is 2. The Morgan fingerprint density at radius 2 is 1.50 bits per heavy atom. The number of nitrogens with zero attached hydrogens (tertiary/aromatic N) is 2. The van der Waals surface area contributed by atoms with Crippen LogP contribution in [0.15, 0.2) is 18.2 Å². The van der Waals surface area contributed by atoms with E-state index in [4.69, 9.17) is 0 Å². The Balaban J connectivity index is 1.70. The van der Waals surface area contributed by atoms with E-state index < -0.39 is 47.0 Å². The van der Waals surface area contributed by atoms with E-state index in [-0.39, 0.29) is 0 Å². The Morgan fingerprint density at radius 3 is 2.03 bits per heavy atom. The molecule has 30 heavy (non-hydrogen) atoms. The number of rotatable bonds is 5. The molecule has 0 unspecified atom stereocenters. The van der Waals surface area contributed by atoms with Crippen LogP contribution in [0.25, 0.3) is 0 Å². The smallest absolute Gasteiger partial charge is 0.229 e. The molecule has 0 saturated carbocycles. The average Bonchev–Trinajstić information content (AvgIpc) is 2.74. The summed E-state index contributed by atoms with van der Waals surface area (Å²) in [5.41, 5.74) is 1.13. The molecule has 1 fully saturated rings. The first-order chi connectivity index (χ1) is 14.2. The summed E-state index contributed by atoms with van der Waals surface area (Å²) in [5.74, 6) is -11.3. The first-order valence-electron chi connectivity index (χ1n) is 9.61. The summed E-state index contributed by atoms with van der Waals surface area (Å²) in [4.78, 5) is 16.7. The number of carbonyl (C=O) groups excluding carboxylic acids is 1. The molecule has 1 aliphatic rings. The summed E-state index contributed by atoms with van der Waals surface area (Å²) in [6, 6.07) is 5.19. The Hall–Kier alpha value is -2.68. The van der Waals surface area contributed by atoms with Gasteiger partial charge in [-0.3, -0.25) is 4.79 Å². The molecule has 0 aliphatic carbocycles. The number of amides is 1. The highest BCUT2D eigenvalue weighted by molar-refractivity contribution is 5.92. The van der Waals surface area contributed by atoms with Gasteiger partial charge in [0.2, 0.25) is 11.7 Å². The van der Waals surface area contributed by atoms with Gasteiger partial charge in [0.1, 0.15) is 0 Å².